The van der Waals surface area contributed by atoms with E-state index in [0.717, 1.165) is 11.0 Å². The molecule has 6 heteroatoms. The maximum Gasteiger partial charge on any atom is 0.312 e. The first-order chi connectivity index (χ1) is 8.72. The van der Waals surface area contributed by atoms with Gasteiger partial charge in [0.1, 0.15) is 12.0 Å². The Morgan fingerprint density at radius 3 is 2.94 bits per heavy atom. The monoisotopic (exact) mass is 244 g/mol. The third-order valence-electron chi connectivity index (χ3n) is 2.42. The SMILES string of the molecule is O=C(O)Cc1nc(-c2cc3ccccc3o2)no1. The van der Waals surface area contributed by atoms with E-state index in [2.05, 4.69) is 10.1 Å². The lowest BCUT2D eigenvalue weighted by Gasteiger charge is -1.85. The van der Waals surface area contributed by atoms with Crippen molar-refractivity contribution in [2.24, 2.45) is 0 Å². The summed E-state index contributed by atoms with van der Waals surface area (Å²) in [5, 5.41) is 13.2. The Morgan fingerprint density at radius 2 is 2.17 bits per heavy atom. The molecule has 0 aliphatic heterocycles. The van der Waals surface area contributed by atoms with E-state index in [0.29, 0.717) is 5.76 Å². The first-order valence-electron chi connectivity index (χ1n) is 5.26. The summed E-state index contributed by atoms with van der Waals surface area (Å²) in [6.07, 6.45) is -0.298. The van der Waals surface area contributed by atoms with Crippen LogP contribution in [0, 0.1) is 0 Å². The van der Waals surface area contributed by atoms with Crippen LogP contribution in [-0.2, 0) is 11.2 Å². The molecule has 0 atom stereocenters. The summed E-state index contributed by atoms with van der Waals surface area (Å²) in [6.45, 7) is 0. The number of carboxylic acid groups (broad SMARTS) is 1. The highest BCUT2D eigenvalue weighted by Gasteiger charge is 2.14. The number of rotatable bonds is 3. The van der Waals surface area contributed by atoms with Crippen molar-refractivity contribution in [3.8, 4) is 11.6 Å². The van der Waals surface area contributed by atoms with Gasteiger partial charge in [-0.15, -0.1) is 0 Å². The van der Waals surface area contributed by atoms with Crippen molar-refractivity contribution in [2.75, 3.05) is 0 Å². The van der Waals surface area contributed by atoms with E-state index >= 15 is 0 Å². The molecule has 0 fully saturated rings. The van der Waals surface area contributed by atoms with Crippen LogP contribution < -0.4 is 0 Å². The zero-order valence-electron chi connectivity index (χ0n) is 9.16. The van der Waals surface area contributed by atoms with Crippen molar-refractivity contribution in [1.82, 2.24) is 10.1 Å². The second-order valence-corrected chi connectivity index (χ2v) is 3.73. The molecule has 0 aliphatic carbocycles. The number of fused-ring (bicyclic) bond motifs is 1. The molecule has 0 saturated carbocycles. The number of carbonyl (C=O) groups is 1. The lowest BCUT2D eigenvalue weighted by atomic mass is 10.2. The smallest absolute Gasteiger partial charge is 0.312 e. The molecule has 0 spiro atoms. The molecule has 0 saturated heterocycles. The molecule has 0 unspecified atom stereocenters. The lowest BCUT2D eigenvalue weighted by molar-refractivity contribution is -0.136. The summed E-state index contributed by atoms with van der Waals surface area (Å²) in [7, 11) is 0. The van der Waals surface area contributed by atoms with E-state index in [1.165, 1.54) is 0 Å². The second-order valence-electron chi connectivity index (χ2n) is 3.73. The average molecular weight is 244 g/mol. The molecular formula is C12H8N2O4. The van der Waals surface area contributed by atoms with Crippen LogP contribution in [0.25, 0.3) is 22.6 Å². The molecule has 6 nitrogen and oxygen atoms in total. The van der Waals surface area contributed by atoms with Crippen molar-refractivity contribution in [3.63, 3.8) is 0 Å². The van der Waals surface area contributed by atoms with Gasteiger partial charge in [-0.1, -0.05) is 23.4 Å². The van der Waals surface area contributed by atoms with Gasteiger partial charge in [0.25, 0.3) is 0 Å². The fraction of sp³-hybridized carbons (Fsp3) is 0.0833. The number of aromatic nitrogens is 2. The molecule has 0 bridgehead atoms. The van der Waals surface area contributed by atoms with Crippen molar-refractivity contribution in [3.05, 3.63) is 36.2 Å². The first-order valence-corrected chi connectivity index (χ1v) is 5.26. The van der Waals surface area contributed by atoms with Crippen LogP contribution in [0.15, 0.2) is 39.3 Å². The summed E-state index contributed by atoms with van der Waals surface area (Å²) in [4.78, 5) is 14.5. The van der Waals surface area contributed by atoms with E-state index < -0.39 is 5.97 Å². The second kappa shape index (κ2) is 3.99. The number of carboxylic acids is 1. The van der Waals surface area contributed by atoms with Crippen LogP contribution in [-0.4, -0.2) is 21.2 Å². The third kappa shape index (κ3) is 1.84. The number of hydrogen-bond acceptors (Lipinski definition) is 5. The maximum absolute atomic E-state index is 10.5. The molecule has 1 aromatic carbocycles. The first kappa shape index (κ1) is 10.5. The normalized spacial score (nSPS) is 10.9. The Kier molecular flexibility index (Phi) is 2.33. The molecule has 3 aromatic rings. The highest BCUT2D eigenvalue weighted by atomic mass is 16.5. The molecule has 0 amide bonds. The molecule has 1 N–H and O–H groups in total. The Labute approximate surface area is 101 Å². The van der Waals surface area contributed by atoms with Crippen molar-refractivity contribution >= 4 is 16.9 Å². The van der Waals surface area contributed by atoms with Crippen LogP contribution in [0.1, 0.15) is 5.89 Å². The van der Waals surface area contributed by atoms with Gasteiger partial charge < -0.3 is 14.0 Å². The summed E-state index contributed by atoms with van der Waals surface area (Å²) >= 11 is 0. The van der Waals surface area contributed by atoms with Crippen molar-refractivity contribution in [1.29, 1.82) is 0 Å². The predicted octanol–water partition coefficient (Wildman–Crippen LogP) is 2.11. The van der Waals surface area contributed by atoms with Gasteiger partial charge in [0.2, 0.25) is 11.7 Å². The number of furan rings is 1. The van der Waals surface area contributed by atoms with Gasteiger partial charge in [-0.3, -0.25) is 4.79 Å². The highest BCUT2D eigenvalue weighted by molar-refractivity contribution is 5.81. The highest BCUT2D eigenvalue weighted by Crippen LogP contribution is 2.25. The fourth-order valence-electron chi connectivity index (χ4n) is 1.65. The van der Waals surface area contributed by atoms with Gasteiger partial charge in [-0.2, -0.15) is 4.98 Å². The van der Waals surface area contributed by atoms with Gasteiger partial charge >= 0.3 is 5.97 Å². The number of aliphatic carboxylic acids is 1. The van der Waals surface area contributed by atoms with E-state index in [-0.39, 0.29) is 18.1 Å². The van der Waals surface area contributed by atoms with Gasteiger partial charge in [0.15, 0.2) is 5.76 Å². The number of para-hydroxylation sites is 1. The Morgan fingerprint density at radius 1 is 1.33 bits per heavy atom. The van der Waals surface area contributed by atoms with Crippen molar-refractivity contribution < 1.29 is 18.8 Å². The number of hydrogen-bond donors (Lipinski definition) is 1. The Hall–Kier alpha value is -2.63. The zero-order valence-corrected chi connectivity index (χ0v) is 9.16. The average Bonchev–Trinajstić information content (AvgIpc) is 2.93. The van der Waals surface area contributed by atoms with Gasteiger partial charge in [0, 0.05) is 5.39 Å². The molecule has 90 valence electrons. The van der Waals surface area contributed by atoms with Crippen molar-refractivity contribution in [2.45, 2.75) is 6.42 Å². The Bertz CT molecular complexity index is 681. The number of nitrogens with zero attached hydrogens (tertiary/aromatic N) is 2. The number of benzene rings is 1. The van der Waals surface area contributed by atoms with Gasteiger partial charge in [-0.05, 0) is 12.1 Å². The summed E-state index contributed by atoms with van der Waals surface area (Å²) in [5.74, 6) is -0.258. The fourth-order valence-corrected chi connectivity index (χ4v) is 1.65. The summed E-state index contributed by atoms with van der Waals surface area (Å²) in [5.41, 5.74) is 0.720. The summed E-state index contributed by atoms with van der Waals surface area (Å²) in [6, 6.07) is 9.28. The quantitative estimate of drug-likeness (QED) is 0.758. The molecule has 3 rings (SSSR count). The largest absolute Gasteiger partial charge is 0.481 e. The van der Waals surface area contributed by atoms with Crippen LogP contribution in [0.2, 0.25) is 0 Å². The molecule has 0 radical (unpaired) electrons. The maximum atomic E-state index is 10.5. The van der Waals surface area contributed by atoms with E-state index in [4.69, 9.17) is 14.0 Å². The standard InChI is InChI=1S/C12H8N2O4/c15-11(16)6-10-13-12(14-18-10)9-5-7-3-1-2-4-8(7)17-9/h1-5H,6H2,(H,15,16). The molecule has 0 aliphatic rings. The minimum atomic E-state index is -1.02. The molecule has 2 heterocycles. The predicted molar refractivity (Wildman–Crippen MR) is 60.8 cm³/mol. The minimum Gasteiger partial charge on any atom is -0.481 e. The molecule has 18 heavy (non-hydrogen) atoms. The van der Waals surface area contributed by atoms with Gasteiger partial charge in [0.05, 0.1) is 0 Å². The van der Waals surface area contributed by atoms with Crippen LogP contribution in [0.4, 0.5) is 0 Å². The van der Waals surface area contributed by atoms with E-state index in [9.17, 15) is 4.79 Å². The third-order valence-corrected chi connectivity index (χ3v) is 2.42. The van der Waals surface area contributed by atoms with E-state index in [1.807, 2.05) is 24.3 Å². The topological polar surface area (TPSA) is 89.4 Å². The van der Waals surface area contributed by atoms with Crippen LogP contribution in [0.3, 0.4) is 0 Å². The molecular weight excluding hydrogens is 236 g/mol. The minimum absolute atomic E-state index is 0.0537. The van der Waals surface area contributed by atoms with Crippen LogP contribution >= 0.6 is 0 Å². The zero-order chi connectivity index (χ0) is 12.5. The van der Waals surface area contributed by atoms with Crippen LogP contribution in [0.5, 0.6) is 0 Å². The summed E-state index contributed by atoms with van der Waals surface area (Å²) < 4.78 is 10.4. The lowest BCUT2D eigenvalue weighted by Crippen LogP contribution is -1.99. The van der Waals surface area contributed by atoms with E-state index in [1.54, 1.807) is 6.07 Å². The van der Waals surface area contributed by atoms with Gasteiger partial charge in [-0.25, -0.2) is 0 Å². The Balaban J connectivity index is 1.98. The molecule has 2 aromatic heterocycles.